The van der Waals surface area contributed by atoms with Crippen molar-refractivity contribution in [3.8, 4) is 0 Å². The van der Waals surface area contributed by atoms with E-state index in [1.165, 1.54) is 0 Å². The van der Waals surface area contributed by atoms with Gasteiger partial charge in [0.1, 0.15) is 0 Å². The summed E-state index contributed by atoms with van der Waals surface area (Å²) in [5.41, 5.74) is 0. The lowest BCUT2D eigenvalue weighted by Crippen LogP contribution is -2.52. The van der Waals surface area contributed by atoms with Gasteiger partial charge >= 0.3 is 0 Å². The molecule has 2 atom stereocenters. The summed E-state index contributed by atoms with van der Waals surface area (Å²) in [6, 6.07) is 9.77. The maximum absolute atomic E-state index is 2.59. The van der Waals surface area contributed by atoms with Gasteiger partial charge in [0.15, 0.2) is 0 Å². The summed E-state index contributed by atoms with van der Waals surface area (Å²) in [7, 11) is -2.47. The minimum absolute atomic E-state index is 0.985. The van der Waals surface area contributed by atoms with Gasteiger partial charge in [0.2, 0.25) is 0 Å². The third kappa shape index (κ3) is 7.76. The summed E-state index contributed by atoms with van der Waals surface area (Å²) in [6.45, 7) is 31.0. The van der Waals surface area contributed by atoms with Gasteiger partial charge in [0.05, 0.1) is 0 Å². The van der Waals surface area contributed by atoms with Crippen molar-refractivity contribution in [1.29, 1.82) is 0 Å². The molecule has 0 saturated heterocycles. The van der Waals surface area contributed by atoms with Crippen LogP contribution < -0.4 is 10.6 Å². The highest BCUT2D eigenvalue weighted by molar-refractivity contribution is 7.57. The second kappa shape index (κ2) is 8.76. The van der Waals surface area contributed by atoms with Gasteiger partial charge in [0, 0.05) is 32.3 Å². The second-order valence-electron chi connectivity index (χ2n) is 12.2. The van der Waals surface area contributed by atoms with Crippen LogP contribution in [0.3, 0.4) is 0 Å². The van der Waals surface area contributed by atoms with Gasteiger partial charge in [-0.1, -0.05) is 114 Å². The van der Waals surface area contributed by atoms with Crippen molar-refractivity contribution in [3.63, 3.8) is 0 Å². The minimum atomic E-state index is -1.12. The first-order chi connectivity index (χ1) is 11.4. The topological polar surface area (TPSA) is 0 Å². The average Bonchev–Trinajstić information content (AvgIpc) is 2.37. The van der Waals surface area contributed by atoms with E-state index >= 15 is 0 Å². The average molecular weight is 459 g/mol. The number of benzene rings is 1. The van der Waals surface area contributed by atoms with Crippen LogP contribution in [0, 0.1) is 0 Å². The van der Waals surface area contributed by atoms with Crippen LogP contribution in [0.25, 0.3) is 0 Å². The standard InChI is InChI=1S/C20H44P2Si4/c1-23(2,3)19(24(4,5)6)21-17-14-13-15-18(16-17)22-20(25(7,8)9)26(10,11)12/h13-16,19-22H,1-12H3. The largest absolute Gasteiger partial charge is 0.0927 e. The first-order valence-electron chi connectivity index (χ1n) is 10.1. The van der Waals surface area contributed by atoms with Crippen LogP contribution >= 0.6 is 17.2 Å². The van der Waals surface area contributed by atoms with Gasteiger partial charge in [-0.15, -0.1) is 0 Å². The van der Waals surface area contributed by atoms with E-state index in [-0.39, 0.29) is 0 Å². The molecule has 0 bridgehead atoms. The van der Waals surface area contributed by atoms with Crippen molar-refractivity contribution < 1.29 is 0 Å². The SMILES string of the molecule is C[Si](C)(C)C(Pc1cccc(PC([Si](C)(C)C)[Si](C)(C)C)c1)[Si](C)(C)C. The molecule has 0 heterocycles. The Labute approximate surface area is 172 Å². The molecule has 0 radical (unpaired) electrons. The van der Waals surface area contributed by atoms with Crippen LogP contribution in [-0.2, 0) is 0 Å². The maximum atomic E-state index is 2.59. The smallest absolute Gasteiger partial charge is 0.0492 e. The third-order valence-electron chi connectivity index (χ3n) is 4.95. The van der Waals surface area contributed by atoms with E-state index in [9.17, 15) is 0 Å². The van der Waals surface area contributed by atoms with Gasteiger partial charge in [-0.05, 0) is 26.5 Å². The highest BCUT2D eigenvalue weighted by atomic mass is 31.1. The Morgan fingerprint density at radius 1 is 0.538 bits per heavy atom. The van der Waals surface area contributed by atoms with Crippen molar-refractivity contribution in [2.24, 2.45) is 0 Å². The Balaban J connectivity index is 3.11. The van der Waals surface area contributed by atoms with Crippen molar-refractivity contribution in [3.05, 3.63) is 24.3 Å². The summed E-state index contributed by atoms with van der Waals surface area (Å²) in [6.07, 6.45) is 0. The summed E-state index contributed by atoms with van der Waals surface area (Å²) in [4.78, 5) is 1.97. The number of rotatable bonds is 8. The Hall–Kier alpha value is 0.948. The van der Waals surface area contributed by atoms with Crippen LogP contribution in [-0.4, -0.2) is 42.1 Å². The van der Waals surface area contributed by atoms with Crippen LogP contribution in [0.5, 0.6) is 0 Å². The van der Waals surface area contributed by atoms with E-state index < -0.39 is 32.3 Å². The molecule has 2 unspecified atom stereocenters. The summed E-state index contributed by atoms with van der Waals surface area (Å²) < 4.78 is 0. The highest BCUT2D eigenvalue weighted by Gasteiger charge is 2.38. The van der Waals surface area contributed by atoms with Gasteiger partial charge in [-0.2, -0.15) is 0 Å². The molecule has 0 aliphatic heterocycles. The molecule has 26 heavy (non-hydrogen) atoms. The molecular weight excluding hydrogens is 415 g/mol. The highest BCUT2D eigenvalue weighted by Crippen LogP contribution is 2.37. The fraction of sp³-hybridized carbons (Fsp3) is 0.700. The predicted molar refractivity (Wildman–Crippen MR) is 143 cm³/mol. The molecule has 6 heteroatoms. The third-order valence-corrected chi connectivity index (χ3v) is 36.3. The molecule has 1 aromatic carbocycles. The molecule has 1 aromatic rings. The van der Waals surface area contributed by atoms with Crippen molar-refractivity contribution in [2.45, 2.75) is 88.4 Å². The van der Waals surface area contributed by atoms with Crippen LogP contribution in [0.1, 0.15) is 0 Å². The van der Waals surface area contributed by atoms with E-state index in [1.54, 1.807) is 10.6 Å². The molecule has 150 valence electrons. The summed E-state index contributed by atoms with van der Waals surface area (Å²) in [5.74, 6) is 0. The zero-order valence-corrected chi connectivity index (χ0v) is 25.5. The molecule has 0 N–H and O–H groups in total. The fourth-order valence-corrected chi connectivity index (χ4v) is 35.9. The lowest BCUT2D eigenvalue weighted by atomic mass is 10.4. The second-order valence-corrected chi connectivity index (χ2v) is 39.8. The molecule has 0 aliphatic rings. The van der Waals surface area contributed by atoms with Gasteiger partial charge < -0.3 is 0 Å². The molecule has 0 fully saturated rings. The Morgan fingerprint density at radius 3 is 1.04 bits per heavy atom. The minimum Gasteiger partial charge on any atom is -0.0927 e. The van der Waals surface area contributed by atoms with Crippen molar-refractivity contribution in [2.75, 3.05) is 0 Å². The first-order valence-corrected chi connectivity index (χ1v) is 26.5. The van der Waals surface area contributed by atoms with Gasteiger partial charge in [-0.3, -0.25) is 0 Å². The monoisotopic (exact) mass is 458 g/mol. The number of hydrogen-bond donors (Lipinski definition) is 0. The molecule has 0 saturated carbocycles. The van der Waals surface area contributed by atoms with Crippen LogP contribution in [0.4, 0.5) is 0 Å². The predicted octanol–water partition coefficient (Wildman–Crippen LogP) is 6.54. The summed E-state index contributed by atoms with van der Waals surface area (Å²) in [5, 5.41) is 3.27. The molecule has 0 aliphatic carbocycles. The van der Waals surface area contributed by atoms with E-state index in [0.717, 1.165) is 27.0 Å². The quantitative estimate of drug-likeness (QED) is 0.306. The lowest BCUT2D eigenvalue weighted by molar-refractivity contribution is 1.46. The molecule has 0 nitrogen and oxygen atoms in total. The molecule has 0 spiro atoms. The molecule has 0 amide bonds. The van der Waals surface area contributed by atoms with Crippen LogP contribution in [0.2, 0.25) is 78.6 Å². The van der Waals surface area contributed by atoms with Gasteiger partial charge in [-0.25, -0.2) is 0 Å². The van der Waals surface area contributed by atoms with Gasteiger partial charge in [0.25, 0.3) is 0 Å². The zero-order chi connectivity index (χ0) is 20.6. The normalized spacial score (nSPS) is 15.3. The van der Waals surface area contributed by atoms with Crippen LogP contribution in [0.15, 0.2) is 24.3 Å². The number of hydrogen-bond acceptors (Lipinski definition) is 0. The Bertz CT molecular complexity index is 512. The zero-order valence-electron chi connectivity index (χ0n) is 19.5. The lowest BCUT2D eigenvalue weighted by Gasteiger charge is -2.39. The Kier molecular flexibility index (Phi) is 8.41. The van der Waals surface area contributed by atoms with E-state index in [1.807, 2.05) is 0 Å². The first kappa shape index (κ1) is 25.0. The van der Waals surface area contributed by atoms with Crippen molar-refractivity contribution >= 4 is 60.1 Å². The van der Waals surface area contributed by atoms with E-state index in [2.05, 4.69) is 103 Å². The van der Waals surface area contributed by atoms with E-state index in [0.29, 0.717) is 0 Å². The summed E-state index contributed by atoms with van der Waals surface area (Å²) >= 11 is 0. The van der Waals surface area contributed by atoms with Crippen molar-refractivity contribution in [1.82, 2.24) is 0 Å². The molecule has 0 aromatic heterocycles. The fourth-order valence-electron chi connectivity index (χ4n) is 4.50. The maximum Gasteiger partial charge on any atom is 0.0492 e. The van der Waals surface area contributed by atoms with E-state index in [4.69, 9.17) is 0 Å². The molecular formula is C20H44P2Si4. The Morgan fingerprint density at radius 2 is 0.808 bits per heavy atom. The molecule has 1 rings (SSSR count).